The molecule has 1 saturated heterocycles. The van der Waals surface area contributed by atoms with Crippen molar-refractivity contribution < 1.29 is 33.7 Å². The lowest BCUT2D eigenvalue weighted by molar-refractivity contribution is -0.197. The number of amides is 2. The number of carbonyl (C=O) groups excluding carboxylic acids is 2. The fourth-order valence-electron chi connectivity index (χ4n) is 3.83. The van der Waals surface area contributed by atoms with E-state index in [9.17, 15) is 19.5 Å². The van der Waals surface area contributed by atoms with E-state index in [-0.39, 0.29) is 18.8 Å². The molecule has 0 saturated carbocycles. The Kier molecular flexibility index (Phi) is 11.0. The molecule has 2 rings (SSSR count). The summed E-state index contributed by atoms with van der Waals surface area (Å²) in [5, 5.41) is 15.1. The predicted octanol–water partition coefficient (Wildman–Crippen LogP) is 3.65. The Hall–Kier alpha value is -2.65. The second-order valence-corrected chi connectivity index (χ2v) is 10.3. The summed E-state index contributed by atoms with van der Waals surface area (Å²) in [6, 6.07) is 7.46. The van der Waals surface area contributed by atoms with Gasteiger partial charge in [0.2, 0.25) is 0 Å². The van der Waals surface area contributed by atoms with Crippen molar-refractivity contribution in [3.05, 3.63) is 35.9 Å². The number of aliphatic carboxylic acids is 1. The number of ether oxygens (including phenoxy) is 3. The highest BCUT2D eigenvalue weighted by Crippen LogP contribution is 2.20. The van der Waals surface area contributed by atoms with Crippen LogP contribution in [0.1, 0.15) is 65.9 Å². The van der Waals surface area contributed by atoms with Crippen LogP contribution in [0.3, 0.4) is 0 Å². The minimum atomic E-state index is -1.19. The van der Waals surface area contributed by atoms with Crippen molar-refractivity contribution in [3.63, 3.8) is 0 Å². The predicted molar refractivity (Wildman–Crippen MR) is 131 cm³/mol. The Morgan fingerprint density at radius 1 is 1.11 bits per heavy atom. The van der Waals surface area contributed by atoms with Crippen molar-refractivity contribution in [1.82, 2.24) is 10.6 Å². The quantitative estimate of drug-likeness (QED) is 0.431. The molecule has 0 aliphatic carbocycles. The average molecular weight is 493 g/mol. The molecule has 9 nitrogen and oxygen atoms in total. The van der Waals surface area contributed by atoms with Crippen molar-refractivity contribution in [2.75, 3.05) is 6.61 Å². The molecule has 4 atom stereocenters. The van der Waals surface area contributed by atoms with Crippen LogP contribution in [-0.4, -0.2) is 59.8 Å². The number of hydrogen-bond acceptors (Lipinski definition) is 6. The molecule has 196 valence electrons. The van der Waals surface area contributed by atoms with Gasteiger partial charge in [-0.2, -0.15) is 0 Å². The molecule has 0 bridgehead atoms. The largest absolute Gasteiger partial charge is 0.480 e. The van der Waals surface area contributed by atoms with Crippen LogP contribution >= 0.6 is 0 Å². The molecular formula is C26H40N2O7. The van der Waals surface area contributed by atoms with Gasteiger partial charge in [0.15, 0.2) is 12.4 Å². The molecule has 0 aromatic heterocycles. The van der Waals surface area contributed by atoms with E-state index in [0.29, 0.717) is 13.0 Å². The van der Waals surface area contributed by atoms with Crippen LogP contribution in [0.4, 0.5) is 4.79 Å². The summed E-state index contributed by atoms with van der Waals surface area (Å²) in [4.78, 5) is 38.0. The summed E-state index contributed by atoms with van der Waals surface area (Å²) in [5.41, 5.74) is 0.134. The summed E-state index contributed by atoms with van der Waals surface area (Å²) >= 11 is 0. The third-order valence-corrected chi connectivity index (χ3v) is 5.38. The zero-order valence-electron chi connectivity index (χ0n) is 21.4. The zero-order valence-corrected chi connectivity index (χ0v) is 21.4. The van der Waals surface area contributed by atoms with Crippen LogP contribution in [0.2, 0.25) is 0 Å². The molecule has 1 heterocycles. The van der Waals surface area contributed by atoms with Crippen LogP contribution < -0.4 is 10.6 Å². The Bertz CT molecular complexity index is 817. The molecule has 1 aromatic rings. The van der Waals surface area contributed by atoms with Crippen molar-refractivity contribution in [1.29, 1.82) is 0 Å². The van der Waals surface area contributed by atoms with Gasteiger partial charge in [-0.25, -0.2) is 9.59 Å². The number of carbonyl (C=O) groups is 3. The third kappa shape index (κ3) is 10.7. The lowest BCUT2D eigenvalue weighted by Gasteiger charge is -2.33. The highest BCUT2D eigenvalue weighted by atomic mass is 16.7. The topological polar surface area (TPSA) is 123 Å². The van der Waals surface area contributed by atoms with E-state index in [4.69, 9.17) is 14.2 Å². The fourth-order valence-corrected chi connectivity index (χ4v) is 3.83. The van der Waals surface area contributed by atoms with E-state index in [2.05, 4.69) is 10.6 Å². The molecule has 0 spiro atoms. The van der Waals surface area contributed by atoms with E-state index < -0.39 is 48.0 Å². The highest BCUT2D eigenvalue weighted by Gasteiger charge is 2.37. The van der Waals surface area contributed by atoms with Gasteiger partial charge in [-0.3, -0.25) is 4.79 Å². The number of carboxylic acids is 1. The second kappa shape index (κ2) is 13.4. The maximum Gasteiger partial charge on any atom is 0.407 e. The van der Waals surface area contributed by atoms with Crippen LogP contribution in [0, 0.1) is 5.92 Å². The Morgan fingerprint density at radius 3 is 2.34 bits per heavy atom. The number of carboxylic acid groups (broad SMARTS) is 1. The van der Waals surface area contributed by atoms with Gasteiger partial charge in [0.25, 0.3) is 5.91 Å². The summed E-state index contributed by atoms with van der Waals surface area (Å²) in [6.45, 7) is 9.52. The first-order valence-corrected chi connectivity index (χ1v) is 12.3. The lowest BCUT2D eigenvalue weighted by atomic mass is 9.99. The molecule has 35 heavy (non-hydrogen) atoms. The van der Waals surface area contributed by atoms with E-state index in [1.807, 2.05) is 44.2 Å². The van der Waals surface area contributed by atoms with Crippen LogP contribution in [-0.2, 0) is 30.2 Å². The summed E-state index contributed by atoms with van der Waals surface area (Å²) in [7, 11) is 0. The number of rotatable bonds is 11. The van der Waals surface area contributed by atoms with Crippen molar-refractivity contribution in [3.8, 4) is 0 Å². The van der Waals surface area contributed by atoms with Crippen LogP contribution in [0.5, 0.6) is 0 Å². The van der Waals surface area contributed by atoms with E-state index in [1.165, 1.54) is 0 Å². The molecule has 1 aliphatic heterocycles. The first-order valence-electron chi connectivity index (χ1n) is 12.3. The summed E-state index contributed by atoms with van der Waals surface area (Å²) in [5.74, 6) is -1.69. The van der Waals surface area contributed by atoms with Crippen LogP contribution in [0.15, 0.2) is 30.3 Å². The summed E-state index contributed by atoms with van der Waals surface area (Å²) < 4.78 is 17.2. The van der Waals surface area contributed by atoms with Gasteiger partial charge >= 0.3 is 12.1 Å². The standard InChI is InChI=1S/C26H40N2O7/c1-17(2)15-20(24(30)31)27-23(29)22(34-21-13-9-10-14-33-21)19(16-18-11-7-6-8-12-18)28-25(32)35-26(3,4)5/h6-8,11-12,17,19-22H,9-10,13-16H2,1-5H3,(H,27,29)(H,28,32)(H,30,31). The molecular weight excluding hydrogens is 452 g/mol. The Balaban J connectivity index is 2.34. The molecule has 2 amide bonds. The average Bonchev–Trinajstić information content (AvgIpc) is 2.76. The molecule has 3 N–H and O–H groups in total. The van der Waals surface area contributed by atoms with Crippen LogP contribution in [0.25, 0.3) is 0 Å². The molecule has 1 aliphatic rings. The highest BCUT2D eigenvalue weighted by molar-refractivity contribution is 5.87. The number of benzene rings is 1. The number of alkyl carbamates (subject to hydrolysis) is 1. The minimum Gasteiger partial charge on any atom is -0.480 e. The smallest absolute Gasteiger partial charge is 0.407 e. The van der Waals surface area contributed by atoms with Gasteiger partial charge in [0.05, 0.1) is 6.04 Å². The van der Waals surface area contributed by atoms with Gasteiger partial charge in [0.1, 0.15) is 11.6 Å². The van der Waals surface area contributed by atoms with E-state index in [0.717, 1.165) is 18.4 Å². The van der Waals surface area contributed by atoms with Crippen molar-refractivity contribution >= 4 is 18.0 Å². The number of nitrogens with one attached hydrogen (secondary N) is 2. The zero-order chi connectivity index (χ0) is 26.0. The third-order valence-electron chi connectivity index (χ3n) is 5.38. The SMILES string of the molecule is CC(C)CC(NC(=O)C(OC1CCCCO1)C(Cc1ccccc1)NC(=O)OC(C)(C)C)C(=O)O. The number of hydrogen-bond donors (Lipinski definition) is 3. The van der Waals surface area contributed by atoms with Gasteiger partial charge < -0.3 is 30.0 Å². The van der Waals surface area contributed by atoms with Gasteiger partial charge in [-0.15, -0.1) is 0 Å². The van der Waals surface area contributed by atoms with Gasteiger partial charge in [-0.05, 0) is 64.4 Å². The van der Waals surface area contributed by atoms with Crippen molar-refractivity contribution in [2.45, 2.75) is 96.8 Å². The maximum atomic E-state index is 13.5. The minimum absolute atomic E-state index is 0.0532. The summed E-state index contributed by atoms with van der Waals surface area (Å²) in [6.07, 6.45) is 0.391. The Labute approximate surface area is 207 Å². The fraction of sp³-hybridized carbons (Fsp3) is 0.654. The molecule has 0 radical (unpaired) electrons. The van der Waals surface area contributed by atoms with Gasteiger partial charge in [0, 0.05) is 6.61 Å². The van der Waals surface area contributed by atoms with E-state index in [1.54, 1.807) is 20.8 Å². The maximum absolute atomic E-state index is 13.5. The van der Waals surface area contributed by atoms with Gasteiger partial charge in [-0.1, -0.05) is 44.2 Å². The van der Waals surface area contributed by atoms with Crippen molar-refractivity contribution in [2.24, 2.45) is 5.92 Å². The molecule has 1 aromatic carbocycles. The molecule has 4 unspecified atom stereocenters. The van der Waals surface area contributed by atoms with E-state index >= 15 is 0 Å². The second-order valence-electron chi connectivity index (χ2n) is 10.3. The molecule has 1 fully saturated rings. The molecule has 9 heteroatoms. The normalized spacial score (nSPS) is 18.9. The lowest BCUT2D eigenvalue weighted by Crippen LogP contribution is -2.57. The monoisotopic (exact) mass is 492 g/mol. The Morgan fingerprint density at radius 2 is 1.80 bits per heavy atom. The first-order chi connectivity index (χ1) is 16.4. The first kappa shape index (κ1) is 28.6.